The fraction of sp³-hybridized carbons (Fsp3) is 0.312. The summed E-state index contributed by atoms with van der Waals surface area (Å²) in [4.78, 5) is 2.02. The molecule has 0 N–H and O–H groups in total. The van der Waals surface area contributed by atoms with Crippen molar-refractivity contribution in [3.05, 3.63) is 40.4 Å². The molecule has 0 saturated carbocycles. The topological polar surface area (TPSA) is 55.5 Å². The Kier molecular flexibility index (Phi) is 5.18. The zero-order valence-electron chi connectivity index (χ0n) is 13.4. The molecule has 0 radical (unpaired) electrons. The van der Waals surface area contributed by atoms with E-state index in [1.165, 1.54) is 0 Å². The highest BCUT2D eigenvalue weighted by atomic mass is 35.5. The fourth-order valence-electron chi connectivity index (χ4n) is 2.31. The molecule has 0 bridgehead atoms. The van der Waals surface area contributed by atoms with Crippen LogP contribution in [0.5, 0.6) is 0 Å². The van der Waals surface area contributed by atoms with Crippen molar-refractivity contribution in [3.63, 3.8) is 0 Å². The summed E-state index contributed by atoms with van der Waals surface area (Å²) in [5.41, 5.74) is 1.42. The maximum atomic E-state index is 6.09. The molecule has 0 atom stereocenters. The molecule has 3 rings (SSSR count). The third-order valence-corrected chi connectivity index (χ3v) is 3.97. The van der Waals surface area contributed by atoms with Crippen LogP contribution in [0.1, 0.15) is 6.92 Å². The molecule has 0 amide bonds. The molecule has 3 aromatic rings. The summed E-state index contributed by atoms with van der Waals surface area (Å²) in [5.74, 6) is 1.39. The molecule has 0 aliphatic carbocycles. The molecule has 126 valence electrons. The van der Waals surface area contributed by atoms with Gasteiger partial charge in [-0.3, -0.25) is 0 Å². The van der Waals surface area contributed by atoms with E-state index in [4.69, 9.17) is 27.9 Å². The van der Waals surface area contributed by atoms with Crippen molar-refractivity contribution in [3.8, 4) is 11.4 Å². The molecule has 1 aromatic carbocycles. The van der Waals surface area contributed by atoms with Crippen molar-refractivity contribution < 1.29 is 4.74 Å². The number of aromatic nitrogens is 4. The van der Waals surface area contributed by atoms with Gasteiger partial charge in [0.25, 0.3) is 0 Å². The minimum absolute atomic E-state index is 0.541. The van der Waals surface area contributed by atoms with E-state index in [1.54, 1.807) is 22.7 Å². The number of ether oxygens (including phenoxy) is 1. The van der Waals surface area contributed by atoms with Crippen LogP contribution in [0.4, 0.5) is 5.82 Å². The van der Waals surface area contributed by atoms with Gasteiger partial charge in [0.1, 0.15) is 5.82 Å². The first-order valence-corrected chi connectivity index (χ1v) is 8.32. The average Bonchev–Trinajstić information content (AvgIpc) is 2.97. The van der Waals surface area contributed by atoms with Gasteiger partial charge >= 0.3 is 0 Å². The quantitative estimate of drug-likeness (QED) is 0.625. The number of halogens is 2. The second kappa shape index (κ2) is 7.34. The van der Waals surface area contributed by atoms with E-state index >= 15 is 0 Å². The monoisotopic (exact) mass is 365 g/mol. The third kappa shape index (κ3) is 3.61. The zero-order chi connectivity index (χ0) is 17.1. The van der Waals surface area contributed by atoms with Gasteiger partial charge in [0, 0.05) is 35.8 Å². The summed E-state index contributed by atoms with van der Waals surface area (Å²) in [6, 6.07) is 9.04. The number of likely N-dealkylation sites (N-methyl/N-ethyl adjacent to an activating group) is 1. The molecule has 0 aliphatic heterocycles. The standard InChI is InChI=1S/C16H17Cl2N5O/c1-3-24-7-6-22(2)15-5-4-14-19-20-16(23(14)21-15)11-8-12(17)10-13(18)9-11/h4-5,8-10H,3,6-7H2,1-2H3. The first kappa shape index (κ1) is 17.0. The van der Waals surface area contributed by atoms with E-state index in [-0.39, 0.29) is 0 Å². The van der Waals surface area contributed by atoms with Crippen molar-refractivity contribution in [2.45, 2.75) is 6.92 Å². The first-order chi connectivity index (χ1) is 11.6. The van der Waals surface area contributed by atoms with E-state index in [2.05, 4.69) is 15.3 Å². The average molecular weight is 366 g/mol. The van der Waals surface area contributed by atoms with E-state index in [1.807, 2.05) is 31.0 Å². The Balaban J connectivity index is 1.97. The Hall–Kier alpha value is -1.89. The highest BCUT2D eigenvalue weighted by Crippen LogP contribution is 2.26. The lowest BCUT2D eigenvalue weighted by molar-refractivity contribution is 0.154. The van der Waals surface area contributed by atoms with Crippen LogP contribution in [0.15, 0.2) is 30.3 Å². The molecule has 2 aromatic heterocycles. The molecular weight excluding hydrogens is 349 g/mol. The minimum atomic E-state index is 0.541. The normalized spacial score (nSPS) is 11.2. The van der Waals surface area contributed by atoms with Crippen molar-refractivity contribution in [1.29, 1.82) is 0 Å². The van der Waals surface area contributed by atoms with Gasteiger partial charge in [0.15, 0.2) is 11.5 Å². The number of fused-ring (bicyclic) bond motifs is 1. The molecule has 0 saturated heterocycles. The van der Waals surface area contributed by atoms with E-state index in [0.29, 0.717) is 34.7 Å². The lowest BCUT2D eigenvalue weighted by atomic mass is 10.2. The summed E-state index contributed by atoms with van der Waals surface area (Å²) in [6.45, 7) is 4.06. The van der Waals surface area contributed by atoms with Crippen molar-refractivity contribution in [2.24, 2.45) is 0 Å². The van der Waals surface area contributed by atoms with Gasteiger partial charge in [-0.1, -0.05) is 23.2 Å². The lowest BCUT2D eigenvalue weighted by Gasteiger charge is -2.17. The van der Waals surface area contributed by atoms with Gasteiger partial charge in [-0.05, 0) is 37.3 Å². The van der Waals surface area contributed by atoms with Crippen LogP contribution < -0.4 is 4.90 Å². The summed E-state index contributed by atoms with van der Waals surface area (Å²) >= 11 is 12.2. The van der Waals surface area contributed by atoms with Gasteiger partial charge in [0.05, 0.1) is 6.61 Å². The maximum absolute atomic E-state index is 6.09. The van der Waals surface area contributed by atoms with Gasteiger partial charge < -0.3 is 9.64 Å². The fourth-order valence-corrected chi connectivity index (χ4v) is 2.83. The van der Waals surface area contributed by atoms with Crippen molar-refractivity contribution in [2.75, 3.05) is 31.7 Å². The third-order valence-electron chi connectivity index (χ3n) is 3.54. The number of nitrogens with zero attached hydrogens (tertiary/aromatic N) is 5. The minimum Gasteiger partial charge on any atom is -0.380 e. The highest BCUT2D eigenvalue weighted by molar-refractivity contribution is 6.35. The summed E-state index contributed by atoms with van der Waals surface area (Å²) in [6.07, 6.45) is 0. The van der Waals surface area contributed by atoms with Crippen LogP contribution in [0.2, 0.25) is 10.0 Å². The number of hydrogen-bond donors (Lipinski definition) is 0. The molecule has 24 heavy (non-hydrogen) atoms. The van der Waals surface area contributed by atoms with E-state index < -0.39 is 0 Å². The second-order valence-corrected chi connectivity index (χ2v) is 6.13. The van der Waals surface area contributed by atoms with Crippen LogP contribution in [0.25, 0.3) is 17.0 Å². The lowest BCUT2D eigenvalue weighted by Crippen LogP contribution is -2.24. The van der Waals surface area contributed by atoms with Crippen LogP contribution in [-0.2, 0) is 4.74 Å². The van der Waals surface area contributed by atoms with Crippen LogP contribution >= 0.6 is 23.2 Å². The summed E-state index contributed by atoms with van der Waals surface area (Å²) < 4.78 is 7.08. The number of benzene rings is 1. The van der Waals surface area contributed by atoms with Gasteiger partial charge in [0.2, 0.25) is 0 Å². The Bertz CT molecular complexity index is 831. The van der Waals surface area contributed by atoms with Crippen LogP contribution in [0.3, 0.4) is 0 Å². The van der Waals surface area contributed by atoms with E-state index in [0.717, 1.165) is 17.9 Å². The Morgan fingerprint density at radius 3 is 2.58 bits per heavy atom. The van der Waals surface area contributed by atoms with Crippen LogP contribution in [-0.4, -0.2) is 46.6 Å². The van der Waals surface area contributed by atoms with Crippen molar-refractivity contribution in [1.82, 2.24) is 19.8 Å². The highest BCUT2D eigenvalue weighted by Gasteiger charge is 2.13. The molecule has 6 nitrogen and oxygen atoms in total. The van der Waals surface area contributed by atoms with Crippen molar-refractivity contribution >= 4 is 34.7 Å². The Labute approximate surface area is 150 Å². The summed E-state index contributed by atoms with van der Waals surface area (Å²) in [5, 5.41) is 14.1. The van der Waals surface area contributed by atoms with Gasteiger partial charge in [-0.2, -0.15) is 4.52 Å². The zero-order valence-corrected chi connectivity index (χ0v) is 14.9. The van der Waals surface area contributed by atoms with Crippen LogP contribution in [0, 0.1) is 0 Å². The SMILES string of the molecule is CCOCCN(C)c1ccc2nnc(-c3cc(Cl)cc(Cl)c3)n2n1. The first-order valence-electron chi connectivity index (χ1n) is 7.56. The largest absolute Gasteiger partial charge is 0.380 e. The second-order valence-electron chi connectivity index (χ2n) is 5.26. The number of rotatable bonds is 6. The molecular formula is C16H17Cl2N5O. The van der Waals surface area contributed by atoms with Gasteiger partial charge in [-0.15, -0.1) is 15.3 Å². The number of hydrogen-bond acceptors (Lipinski definition) is 5. The molecule has 0 spiro atoms. The molecule has 0 fully saturated rings. The smallest absolute Gasteiger partial charge is 0.185 e. The summed E-state index contributed by atoms with van der Waals surface area (Å²) in [7, 11) is 1.97. The number of anilines is 1. The van der Waals surface area contributed by atoms with E-state index in [9.17, 15) is 0 Å². The predicted molar refractivity (Wildman–Crippen MR) is 96.0 cm³/mol. The Morgan fingerprint density at radius 1 is 1.12 bits per heavy atom. The predicted octanol–water partition coefficient (Wildman–Crippen LogP) is 3.57. The molecule has 0 aliphatic rings. The molecule has 2 heterocycles. The molecule has 8 heteroatoms. The Morgan fingerprint density at radius 2 is 1.88 bits per heavy atom. The van der Waals surface area contributed by atoms with Gasteiger partial charge in [-0.25, -0.2) is 0 Å². The molecule has 0 unspecified atom stereocenters. The maximum Gasteiger partial charge on any atom is 0.185 e.